The second-order valence-electron chi connectivity index (χ2n) is 3.14. The van der Waals surface area contributed by atoms with Crippen LogP contribution < -0.4 is 5.32 Å². The molecule has 0 aliphatic rings. The van der Waals surface area contributed by atoms with Gasteiger partial charge in [0, 0.05) is 14.7 Å². The maximum absolute atomic E-state index is 11.1. The molecule has 5 nitrogen and oxygen atoms in total. The molecule has 1 rings (SSSR count). The summed E-state index contributed by atoms with van der Waals surface area (Å²) in [5.74, 6) is -2.36. The Labute approximate surface area is 95.5 Å². The van der Waals surface area contributed by atoms with Crippen molar-refractivity contribution in [2.45, 2.75) is 19.3 Å². The molecule has 1 aromatic rings. The number of phenolic OH excluding ortho intramolecular Hbond substituents is 1. The van der Waals surface area contributed by atoms with Crippen molar-refractivity contribution in [3.8, 4) is 5.75 Å². The van der Waals surface area contributed by atoms with Gasteiger partial charge in [0.25, 0.3) is 0 Å². The summed E-state index contributed by atoms with van der Waals surface area (Å²) in [6.45, 7) is 1.08. The lowest BCUT2D eigenvalue weighted by molar-refractivity contribution is -0.141. The van der Waals surface area contributed by atoms with E-state index in [9.17, 15) is 9.59 Å². The van der Waals surface area contributed by atoms with Gasteiger partial charge in [0.1, 0.15) is 11.8 Å². The average Bonchev–Trinajstić information content (AvgIpc) is 2.27. The van der Waals surface area contributed by atoms with Gasteiger partial charge in [-0.2, -0.15) is 0 Å². The first-order valence-electron chi connectivity index (χ1n) is 5.58. The van der Waals surface area contributed by atoms with Gasteiger partial charge in [0.15, 0.2) is 0 Å². The molecule has 0 radical (unpaired) electrons. The topological polar surface area (TPSA) is 86.6 Å². The summed E-state index contributed by atoms with van der Waals surface area (Å²) < 4.78 is 15.5. The van der Waals surface area contributed by atoms with Gasteiger partial charge in [-0.3, -0.25) is 4.79 Å². The molecular weight excluding hydrogens is 211 g/mol. The molecule has 16 heavy (non-hydrogen) atoms. The van der Waals surface area contributed by atoms with Gasteiger partial charge in [-0.25, -0.2) is 4.79 Å². The van der Waals surface area contributed by atoms with Gasteiger partial charge in [0.05, 0.1) is 1.37 Å². The molecule has 0 aliphatic carbocycles. The van der Waals surface area contributed by atoms with Crippen LogP contribution >= 0.6 is 0 Å². The van der Waals surface area contributed by atoms with Gasteiger partial charge in [-0.1, -0.05) is 12.1 Å². The van der Waals surface area contributed by atoms with Crippen molar-refractivity contribution in [3.05, 3.63) is 29.8 Å². The fourth-order valence-corrected chi connectivity index (χ4v) is 1.08. The van der Waals surface area contributed by atoms with E-state index in [0.717, 1.165) is 6.92 Å². The van der Waals surface area contributed by atoms with Crippen LogP contribution in [0.3, 0.4) is 0 Å². The van der Waals surface area contributed by atoms with Crippen LogP contribution in [0.4, 0.5) is 0 Å². The van der Waals surface area contributed by atoms with Gasteiger partial charge < -0.3 is 15.5 Å². The lowest BCUT2D eigenvalue weighted by atomic mass is 10.1. The van der Waals surface area contributed by atoms with E-state index in [1.165, 1.54) is 24.3 Å². The lowest BCUT2D eigenvalue weighted by Gasteiger charge is -2.13. The number of hydrogen-bond acceptors (Lipinski definition) is 3. The van der Waals surface area contributed by atoms with Gasteiger partial charge >= 0.3 is 5.97 Å². The Kier molecular flexibility index (Phi) is 2.97. The van der Waals surface area contributed by atoms with E-state index in [-0.39, 0.29) is 11.3 Å². The molecule has 0 saturated carbocycles. The molecule has 1 aromatic carbocycles. The second kappa shape index (κ2) is 5.16. The van der Waals surface area contributed by atoms with E-state index in [1.54, 1.807) is 0 Å². The summed E-state index contributed by atoms with van der Waals surface area (Å²) in [7, 11) is 0. The van der Waals surface area contributed by atoms with Crippen LogP contribution in [0.2, 0.25) is 0 Å². The van der Waals surface area contributed by atoms with Crippen LogP contribution in [0.25, 0.3) is 0 Å². The highest BCUT2D eigenvalue weighted by molar-refractivity contribution is 5.82. The molecule has 86 valence electrons. The van der Waals surface area contributed by atoms with Crippen molar-refractivity contribution >= 4 is 11.9 Å². The lowest BCUT2D eigenvalue weighted by Crippen LogP contribution is -2.41. The monoisotopic (exact) mass is 226 g/mol. The highest BCUT2D eigenvalue weighted by atomic mass is 16.5. The quantitative estimate of drug-likeness (QED) is 0.653. The SMILES string of the molecule is [2H]C(c1ccc(O)cc1)C([2H])(NC(C)=O)[13C](=O)O. The number of rotatable bonds is 4. The molecule has 5 heteroatoms. The van der Waals surface area contributed by atoms with Crippen LogP contribution in [-0.2, 0) is 16.0 Å². The van der Waals surface area contributed by atoms with Gasteiger partial charge in [-0.05, 0) is 17.7 Å². The standard InChI is InChI=1S/C11H13NO4/c1-7(13)12-10(11(15)16)6-8-2-4-9(14)5-3-8/h2-5,10,14H,6H2,1H3,(H,12,13)(H,15,16)/i6D,10D,11+1. The van der Waals surface area contributed by atoms with Crippen molar-refractivity contribution in [2.75, 3.05) is 0 Å². The van der Waals surface area contributed by atoms with Crippen molar-refractivity contribution in [2.24, 2.45) is 0 Å². The predicted octanol–water partition coefficient (Wildman–Crippen LogP) is 0.524. The van der Waals surface area contributed by atoms with E-state index < -0.39 is 24.3 Å². The number of carbonyl (C=O) groups excluding carboxylic acids is 1. The highest BCUT2D eigenvalue weighted by Crippen LogP contribution is 2.11. The smallest absolute Gasteiger partial charge is 0.326 e. The first-order valence-corrected chi connectivity index (χ1v) is 4.50. The summed E-state index contributed by atoms with van der Waals surface area (Å²) in [6.07, 6.45) is -1.51. The van der Waals surface area contributed by atoms with Crippen molar-refractivity contribution in [3.63, 3.8) is 0 Å². The van der Waals surface area contributed by atoms with E-state index >= 15 is 0 Å². The van der Waals surface area contributed by atoms with E-state index in [0.29, 0.717) is 0 Å². The third-order valence-electron chi connectivity index (χ3n) is 1.75. The van der Waals surface area contributed by atoms with E-state index in [1.807, 2.05) is 5.32 Å². The Morgan fingerprint density at radius 2 is 2.06 bits per heavy atom. The summed E-state index contributed by atoms with van der Waals surface area (Å²) in [5.41, 5.74) is 0.207. The Bertz CT molecular complexity index is 463. The van der Waals surface area contributed by atoms with Crippen LogP contribution in [-0.4, -0.2) is 28.1 Å². The minimum Gasteiger partial charge on any atom is -0.508 e. The maximum atomic E-state index is 11.1. The number of aromatic hydroxyl groups is 1. The summed E-state index contributed by atoms with van der Waals surface area (Å²) in [4.78, 5) is 22.0. The Balaban J connectivity index is 3.10. The average molecular weight is 226 g/mol. The number of hydrogen-bond donors (Lipinski definition) is 3. The molecule has 0 spiro atoms. The van der Waals surface area contributed by atoms with Crippen molar-refractivity contribution < 1.29 is 22.5 Å². The van der Waals surface area contributed by atoms with Crippen LogP contribution in [0, 0.1) is 0 Å². The number of carboxylic acids is 1. The second-order valence-corrected chi connectivity index (χ2v) is 3.14. The molecule has 3 N–H and O–H groups in total. The molecule has 2 unspecified atom stereocenters. The molecule has 0 heterocycles. The van der Waals surface area contributed by atoms with Crippen LogP contribution in [0.5, 0.6) is 5.75 Å². The molecule has 0 aliphatic heterocycles. The first-order chi connectivity index (χ1) is 8.27. The molecule has 0 aromatic heterocycles. The Hall–Kier alpha value is -2.04. The summed E-state index contributed by atoms with van der Waals surface area (Å²) in [6, 6.07) is 2.77. The molecule has 2 atom stereocenters. The predicted molar refractivity (Wildman–Crippen MR) is 57.1 cm³/mol. The number of nitrogens with one attached hydrogen (secondary N) is 1. The molecule has 0 bridgehead atoms. The number of phenols is 1. The molecule has 1 amide bonds. The number of carbonyl (C=O) groups is 2. The zero-order chi connectivity index (χ0) is 13.9. The number of aliphatic carboxylic acids is 1. The Morgan fingerprint density at radius 1 is 1.50 bits per heavy atom. The normalized spacial score (nSPS) is 17.6. The van der Waals surface area contributed by atoms with E-state index in [4.69, 9.17) is 13.0 Å². The molecule has 0 fully saturated rings. The fraction of sp³-hybridized carbons (Fsp3) is 0.273. The van der Waals surface area contributed by atoms with Crippen molar-refractivity contribution in [1.29, 1.82) is 0 Å². The number of amides is 1. The van der Waals surface area contributed by atoms with Gasteiger partial charge in [-0.15, -0.1) is 0 Å². The van der Waals surface area contributed by atoms with Crippen LogP contribution in [0.15, 0.2) is 24.3 Å². The zero-order valence-corrected chi connectivity index (χ0v) is 8.60. The van der Waals surface area contributed by atoms with E-state index in [2.05, 4.69) is 0 Å². The minimum absolute atomic E-state index is 0.0311. The fourth-order valence-electron chi connectivity index (χ4n) is 1.08. The molecular formula is C11H13NO4. The number of benzene rings is 1. The Morgan fingerprint density at radius 3 is 2.50 bits per heavy atom. The van der Waals surface area contributed by atoms with Crippen molar-refractivity contribution in [1.82, 2.24) is 5.32 Å². The third-order valence-corrected chi connectivity index (χ3v) is 1.75. The summed E-state index contributed by atoms with van der Waals surface area (Å²) >= 11 is 0. The third kappa shape index (κ3) is 3.61. The van der Waals surface area contributed by atoms with Gasteiger partial charge in [0.2, 0.25) is 5.91 Å². The largest absolute Gasteiger partial charge is 0.508 e. The maximum Gasteiger partial charge on any atom is 0.326 e. The van der Waals surface area contributed by atoms with Crippen LogP contribution in [0.1, 0.15) is 15.2 Å². The highest BCUT2D eigenvalue weighted by Gasteiger charge is 2.18. The first kappa shape index (κ1) is 9.21. The minimum atomic E-state index is -2.47. The summed E-state index contributed by atoms with van der Waals surface area (Å²) in [5, 5.41) is 20.0. The zero-order valence-electron chi connectivity index (χ0n) is 10.6. The molecule has 0 saturated heterocycles. The number of carboxylic acid groups (broad SMARTS) is 1.